The standard InChI is InChI=1S/C7H10F3NO2/c8-7(9,10)5-2-1-4(11-5)3-6(12)13/h4-5,11H,1-3H2,(H,12,13). The molecule has 3 nitrogen and oxygen atoms in total. The van der Waals surface area contributed by atoms with Crippen LogP contribution in [-0.2, 0) is 4.79 Å². The molecule has 2 N–H and O–H groups in total. The number of nitrogens with one attached hydrogen (secondary N) is 1. The molecule has 0 aromatic rings. The van der Waals surface area contributed by atoms with Crippen LogP contribution >= 0.6 is 0 Å². The van der Waals surface area contributed by atoms with Crippen LogP contribution in [0.1, 0.15) is 19.3 Å². The molecule has 1 heterocycles. The Bertz CT molecular complexity index is 204. The quantitative estimate of drug-likeness (QED) is 0.698. The molecule has 1 fully saturated rings. The lowest BCUT2D eigenvalue weighted by molar-refractivity contribution is -0.153. The van der Waals surface area contributed by atoms with Crippen LogP contribution in [0.2, 0.25) is 0 Å². The second-order valence-electron chi connectivity index (χ2n) is 3.13. The summed E-state index contributed by atoms with van der Waals surface area (Å²) in [6, 6.07) is -2.07. The van der Waals surface area contributed by atoms with Gasteiger partial charge >= 0.3 is 12.1 Å². The van der Waals surface area contributed by atoms with E-state index in [2.05, 4.69) is 5.32 Å². The zero-order chi connectivity index (χ0) is 10.1. The van der Waals surface area contributed by atoms with Crippen molar-refractivity contribution in [3.8, 4) is 0 Å². The van der Waals surface area contributed by atoms with Gasteiger partial charge in [-0.15, -0.1) is 0 Å². The molecule has 0 amide bonds. The molecular formula is C7H10F3NO2. The van der Waals surface area contributed by atoms with E-state index < -0.39 is 24.2 Å². The molecule has 13 heavy (non-hydrogen) atoms. The van der Waals surface area contributed by atoms with Gasteiger partial charge in [-0.05, 0) is 12.8 Å². The third-order valence-electron chi connectivity index (χ3n) is 2.06. The minimum Gasteiger partial charge on any atom is -0.481 e. The number of carbonyl (C=O) groups is 1. The van der Waals surface area contributed by atoms with Crippen LogP contribution in [0, 0.1) is 0 Å². The Morgan fingerprint density at radius 1 is 1.46 bits per heavy atom. The topological polar surface area (TPSA) is 49.3 Å². The van der Waals surface area contributed by atoms with Gasteiger partial charge in [-0.2, -0.15) is 13.2 Å². The van der Waals surface area contributed by atoms with E-state index in [1.54, 1.807) is 0 Å². The largest absolute Gasteiger partial charge is 0.481 e. The van der Waals surface area contributed by atoms with E-state index in [9.17, 15) is 18.0 Å². The Labute approximate surface area is 72.9 Å². The van der Waals surface area contributed by atoms with Gasteiger partial charge in [0.05, 0.1) is 6.42 Å². The Kier molecular flexibility index (Phi) is 2.80. The second-order valence-corrected chi connectivity index (χ2v) is 3.13. The molecule has 0 saturated carbocycles. The van der Waals surface area contributed by atoms with E-state index in [0.717, 1.165) is 0 Å². The van der Waals surface area contributed by atoms with Gasteiger partial charge in [0.2, 0.25) is 0 Å². The van der Waals surface area contributed by atoms with Gasteiger partial charge in [0.15, 0.2) is 0 Å². The molecule has 2 unspecified atom stereocenters. The molecule has 2 atom stereocenters. The summed E-state index contributed by atoms with van der Waals surface area (Å²) >= 11 is 0. The summed E-state index contributed by atoms with van der Waals surface area (Å²) < 4.78 is 36.2. The Morgan fingerprint density at radius 3 is 2.46 bits per heavy atom. The lowest BCUT2D eigenvalue weighted by Crippen LogP contribution is -2.41. The molecule has 0 aromatic heterocycles. The predicted molar refractivity (Wildman–Crippen MR) is 38.3 cm³/mol. The molecule has 0 bridgehead atoms. The fourth-order valence-electron chi connectivity index (χ4n) is 1.45. The minimum atomic E-state index is -4.26. The van der Waals surface area contributed by atoms with E-state index in [-0.39, 0.29) is 19.3 Å². The molecular weight excluding hydrogens is 187 g/mol. The van der Waals surface area contributed by atoms with Gasteiger partial charge in [-0.1, -0.05) is 0 Å². The number of hydrogen-bond acceptors (Lipinski definition) is 2. The number of hydrogen-bond donors (Lipinski definition) is 2. The van der Waals surface area contributed by atoms with E-state index in [4.69, 9.17) is 5.11 Å². The molecule has 1 saturated heterocycles. The molecule has 1 rings (SSSR count). The highest BCUT2D eigenvalue weighted by Crippen LogP contribution is 2.29. The van der Waals surface area contributed by atoms with E-state index >= 15 is 0 Å². The van der Waals surface area contributed by atoms with Crippen LogP contribution in [0.15, 0.2) is 0 Å². The van der Waals surface area contributed by atoms with Gasteiger partial charge in [-0.3, -0.25) is 4.79 Å². The molecule has 76 valence electrons. The van der Waals surface area contributed by atoms with Crippen LogP contribution in [0.25, 0.3) is 0 Å². The molecule has 0 radical (unpaired) electrons. The van der Waals surface area contributed by atoms with Crippen molar-refractivity contribution in [2.24, 2.45) is 0 Å². The molecule has 0 aromatic carbocycles. The van der Waals surface area contributed by atoms with Crippen LogP contribution in [0.3, 0.4) is 0 Å². The van der Waals surface area contributed by atoms with Crippen LogP contribution in [0.4, 0.5) is 13.2 Å². The van der Waals surface area contributed by atoms with Crippen molar-refractivity contribution in [1.82, 2.24) is 5.32 Å². The summed E-state index contributed by atoms with van der Waals surface area (Å²) in [7, 11) is 0. The fourth-order valence-corrected chi connectivity index (χ4v) is 1.45. The summed E-state index contributed by atoms with van der Waals surface area (Å²) in [4.78, 5) is 10.2. The molecule has 6 heteroatoms. The van der Waals surface area contributed by atoms with Crippen LogP contribution in [0.5, 0.6) is 0 Å². The summed E-state index contributed by atoms with van der Waals surface area (Å²) in [5.41, 5.74) is 0. The maximum atomic E-state index is 12.1. The average Bonchev–Trinajstić information content (AvgIpc) is 2.32. The van der Waals surface area contributed by atoms with Crippen molar-refractivity contribution in [2.45, 2.75) is 37.5 Å². The first-order valence-corrected chi connectivity index (χ1v) is 3.94. The van der Waals surface area contributed by atoms with E-state index in [1.165, 1.54) is 0 Å². The minimum absolute atomic E-state index is 0.0263. The van der Waals surface area contributed by atoms with Crippen molar-refractivity contribution in [2.75, 3.05) is 0 Å². The first kappa shape index (κ1) is 10.3. The monoisotopic (exact) mass is 197 g/mol. The smallest absolute Gasteiger partial charge is 0.403 e. The highest BCUT2D eigenvalue weighted by Gasteiger charge is 2.44. The summed E-state index contributed by atoms with van der Waals surface area (Å²) in [6.45, 7) is 0. The SMILES string of the molecule is O=C(O)CC1CCC(C(F)(F)F)N1. The average molecular weight is 197 g/mol. The predicted octanol–water partition coefficient (Wildman–Crippen LogP) is 1.14. The van der Waals surface area contributed by atoms with Crippen molar-refractivity contribution in [1.29, 1.82) is 0 Å². The van der Waals surface area contributed by atoms with Gasteiger partial charge < -0.3 is 10.4 Å². The van der Waals surface area contributed by atoms with Crippen LogP contribution < -0.4 is 5.32 Å². The number of halogens is 3. The Morgan fingerprint density at radius 2 is 2.08 bits per heavy atom. The summed E-state index contributed by atoms with van der Waals surface area (Å²) in [6.07, 6.45) is -4.25. The molecule has 0 spiro atoms. The summed E-state index contributed by atoms with van der Waals surface area (Å²) in [5.74, 6) is -1.07. The first-order valence-electron chi connectivity index (χ1n) is 3.94. The number of carboxylic acid groups (broad SMARTS) is 1. The normalized spacial score (nSPS) is 29.2. The fraction of sp³-hybridized carbons (Fsp3) is 0.857. The zero-order valence-corrected chi connectivity index (χ0v) is 6.77. The van der Waals surface area contributed by atoms with Crippen molar-refractivity contribution in [3.63, 3.8) is 0 Å². The maximum Gasteiger partial charge on any atom is 0.403 e. The third kappa shape index (κ3) is 2.87. The molecule has 1 aliphatic rings. The lowest BCUT2D eigenvalue weighted by Gasteiger charge is -2.15. The molecule has 0 aliphatic carbocycles. The van der Waals surface area contributed by atoms with Crippen molar-refractivity contribution in [3.05, 3.63) is 0 Å². The third-order valence-corrected chi connectivity index (χ3v) is 2.06. The van der Waals surface area contributed by atoms with Crippen molar-refractivity contribution < 1.29 is 23.1 Å². The highest BCUT2D eigenvalue weighted by atomic mass is 19.4. The number of alkyl halides is 3. The summed E-state index contributed by atoms with van der Waals surface area (Å²) in [5, 5.41) is 10.6. The van der Waals surface area contributed by atoms with Gasteiger partial charge in [-0.25, -0.2) is 0 Å². The van der Waals surface area contributed by atoms with Gasteiger partial charge in [0.25, 0.3) is 0 Å². The second kappa shape index (κ2) is 3.53. The van der Waals surface area contributed by atoms with E-state index in [0.29, 0.717) is 0 Å². The number of aliphatic carboxylic acids is 1. The van der Waals surface area contributed by atoms with Gasteiger partial charge in [0, 0.05) is 6.04 Å². The van der Waals surface area contributed by atoms with Gasteiger partial charge in [0.1, 0.15) is 6.04 Å². The number of rotatable bonds is 2. The van der Waals surface area contributed by atoms with Crippen LogP contribution in [-0.4, -0.2) is 29.3 Å². The lowest BCUT2D eigenvalue weighted by atomic mass is 10.1. The Hall–Kier alpha value is -0.780. The Balaban J connectivity index is 2.41. The van der Waals surface area contributed by atoms with Crippen molar-refractivity contribution >= 4 is 5.97 Å². The highest BCUT2D eigenvalue weighted by molar-refractivity contribution is 5.67. The zero-order valence-electron chi connectivity index (χ0n) is 6.77. The number of carboxylic acids is 1. The maximum absolute atomic E-state index is 12.1. The first-order chi connectivity index (χ1) is 5.89. The van der Waals surface area contributed by atoms with E-state index in [1.807, 2.05) is 0 Å². The molecule has 1 aliphatic heterocycles.